The Balaban J connectivity index is 1.50. The van der Waals surface area contributed by atoms with Crippen molar-refractivity contribution < 1.29 is 26.8 Å². The SMILES string of the molecule is CCCCC(=O)c1ccc(Cl)c(-n2nc(CCCC)c(Cc3ccc(-c4ccccc4S(=O)(=O)NC(=O)c4ccccc4F)cc3F)c2C#N)c1. The fourth-order valence-corrected chi connectivity index (χ4v) is 7.11. The zero-order chi connectivity index (χ0) is 36.7. The Morgan fingerprint density at radius 1 is 0.922 bits per heavy atom. The van der Waals surface area contributed by atoms with Crippen LogP contribution in [0.25, 0.3) is 16.8 Å². The minimum Gasteiger partial charge on any atom is -0.294 e. The van der Waals surface area contributed by atoms with Gasteiger partial charge in [0.2, 0.25) is 0 Å². The van der Waals surface area contributed by atoms with Crippen molar-refractivity contribution in [3.05, 3.63) is 135 Å². The minimum absolute atomic E-state index is 0.000558. The third kappa shape index (κ3) is 8.25. The number of rotatable bonds is 14. The van der Waals surface area contributed by atoms with Gasteiger partial charge in [-0.3, -0.25) is 9.59 Å². The molecule has 0 unspecified atom stereocenters. The molecule has 0 atom stereocenters. The van der Waals surface area contributed by atoms with Crippen molar-refractivity contribution >= 4 is 33.3 Å². The first-order chi connectivity index (χ1) is 24.5. The molecule has 8 nitrogen and oxygen atoms in total. The lowest BCUT2D eigenvalue weighted by molar-refractivity contribution is 0.0970. The quantitative estimate of drug-likeness (QED) is 0.114. The van der Waals surface area contributed by atoms with Crippen molar-refractivity contribution in [2.45, 2.75) is 63.7 Å². The number of nitriles is 1. The van der Waals surface area contributed by atoms with Crippen LogP contribution in [0.4, 0.5) is 8.78 Å². The van der Waals surface area contributed by atoms with E-state index in [9.17, 15) is 27.7 Å². The van der Waals surface area contributed by atoms with Gasteiger partial charge in [0.05, 0.1) is 26.9 Å². The van der Waals surface area contributed by atoms with E-state index >= 15 is 4.39 Å². The summed E-state index contributed by atoms with van der Waals surface area (Å²) in [6.07, 6.45) is 4.12. The van der Waals surface area contributed by atoms with Crippen molar-refractivity contribution in [2.24, 2.45) is 0 Å². The second-order valence-corrected chi connectivity index (χ2v) is 14.0. The highest BCUT2D eigenvalue weighted by atomic mass is 35.5. The Kier molecular flexibility index (Phi) is 11.8. The number of nitrogens with one attached hydrogen (secondary N) is 1. The van der Waals surface area contributed by atoms with E-state index in [4.69, 9.17) is 16.7 Å². The summed E-state index contributed by atoms with van der Waals surface area (Å²) in [5.41, 5.74) is 2.21. The van der Waals surface area contributed by atoms with Gasteiger partial charge in [-0.05, 0) is 72.9 Å². The summed E-state index contributed by atoms with van der Waals surface area (Å²) in [5.74, 6) is -2.73. The van der Waals surface area contributed by atoms with Gasteiger partial charge in [0, 0.05) is 29.5 Å². The van der Waals surface area contributed by atoms with Crippen LogP contribution in [0.15, 0.2) is 89.8 Å². The number of carbonyl (C=O) groups is 2. The highest BCUT2D eigenvalue weighted by Crippen LogP contribution is 2.32. The Hall–Kier alpha value is -5.18. The van der Waals surface area contributed by atoms with Crippen LogP contribution < -0.4 is 4.72 Å². The number of aryl methyl sites for hydroxylation is 1. The molecule has 0 spiro atoms. The normalized spacial score (nSPS) is 11.3. The van der Waals surface area contributed by atoms with E-state index in [0.29, 0.717) is 40.4 Å². The molecular weight excluding hydrogens is 694 g/mol. The Morgan fingerprint density at radius 3 is 2.35 bits per heavy atom. The van der Waals surface area contributed by atoms with Gasteiger partial charge in [0.25, 0.3) is 15.9 Å². The molecular formula is C39H35ClF2N4O4S. The molecule has 5 aromatic rings. The third-order valence-electron chi connectivity index (χ3n) is 8.45. The molecule has 1 N–H and O–H groups in total. The van der Waals surface area contributed by atoms with Crippen LogP contribution in [0.2, 0.25) is 5.02 Å². The number of Topliss-reactive ketones (excluding diaryl/α,β-unsaturated/α-hetero) is 1. The molecule has 0 fully saturated rings. The van der Waals surface area contributed by atoms with Crippen LogP contribution in [0.5, 0.6) is 0 Å². The molecule has 262 valence electrons. The van der Waals surface area contributed by atoms with Crippen molar-refractivity contribution in [3.63, 3.8) is 0 Å². The van der Waals surface area contributed by atoms with Crippen molar-refractivity contribution in [3.8, 4) is 22.9 Å². The number of carbonyl (C=O) groups excluding carboxylic acids is 2. The zero-order valence-electron chi connectivity index (χ0n) is 28.0. The smallest absolute Gasteiger partial charge is 0.267 e. The number of benzene rings is 4. The fourth-order valence-electron chi connectivity index (χ4n) is 5.71. The molecule has 0 saturated heterocycles. The van der Waals surface area contributed by atoms with Crippen LogP contribution in [0, 0.1) is 23.0 Å². The number of ketones is 1. The van der Waals surface area contributed by atoms with Crippen molar-refractivity contribution in [1.82, 2.24) is 14.5 Å². The first kappa shape index (κ1) is 37.1. The van der Waals surface area contributed by atoms with E-state index < -0.39 is 33.1 Å². The number of hydrogen-bond acceptors (Lipinski definition) is 6. The summed E-state index contributed by atoms with van der Waals surface area (Å²) in [4.78, 5) is 25.2. The summed E-state index contributed by atoms with van der Waals surface area (Å²) in [6, 6.07) is 22.1. The van der Waals surface area contributed by atoms with Crippen LogP contribution in [0.1, 0.15) is 89.2 Å². The predicted octanol–water partition coefficient (Wildman–Crippen LogP) is 8.77. The lowest BCUT2D eigenvalue weighted by Crippen LogP contribution is -2.31. The number of nitrogens with zero attached hydrogens (tertiary/aromatic N) is 3. The first-order valence-electron chi connectivity index (χ1n) is 16.5. The Bertz CT molecular complexity index is 2260. The number of halogens is 3. The molecule has 12 heteroatoms. The summed E-state index contributed by atoms with van der Waals surface area (Å²) >= 11 is 6.58. The average molecular weight is 729 g/mol. The van der Waals surface area contributed by atoms with Gasteiger partial charge in [-0.25, -0.2) is 26.6 Å². The number of aromatic nitrogens is 2. The molecule has 0 radical (unpaired) electrons. The Labute approximate surface area is 300 Å². The summed E-state index contributed by atoms with van der Waals surface area (Å²) in [6.45, 7) is 4.02. The van der Waals surface area contributed by atoms with Gasteiger partial charge in [-0.1, -0.05) is 80.8 Å². The summed E-state index contributed by atoms with van der Waals surface area (Å²) in [5, 5.41) is 15.4. The van der Waals surface area contributed by atoms with E-state index in [0.717, 1.165) is 37.8 Å². The van der Waals surface area contributed by atoms with Crippen LogP contribution in [0.3, 0.4) is 0 Å². The number of hydrogen-bond donors (Lipinski definition) is 1. The number of amides is 1. The lowest BCUT2D eigenvalue weighted by atomic mass is 9.97. The molecule has 0 bridgehead atoms. The topological polar surface area (TPSA) is 122 Å². The highest BCUT2D eigenvalue weighted by molar-refractivity contribution is 7.90. The molecule has 0 aliphatic heterocycles. The van der Waals surface area contributed by atoms with Crippen LogP contribution in [-0.4, -0.2) is 29.9 Å². The van der Waals surface area contributed by atoms with E-state index in [1.807, 2.05) is 18.6 Å². The lowest BCUT2D eigenvalue weighted by Gasteiger charge is -2.13. The molecule has 4 aromatic carbocycles. The monoisotopic (exact) mass is 728 g/mol. The predicted molar refractivity (Wildman–Crippen MR) is 191 cm³/mol. The molecule has 51 heavy (non-hydrogen) atoms. The maximum Gasteiger partial charge on any atom is 0.267 e. The van der Waals surface area contributed by atoms with E-state index in [-0.39, 0.29) is 39.5 Å². The number of sulfonamides is 1. The standard InChI is InChI=1S/C39H35ClF2N4O4S/c1-3-5-14-34-30(36(24-43)46(44-34)35-23-27(19-20-31(35)40)37(47)15-6-4-2)21-26-18-17-25(22-33(26)42)28-11-8-10-16-38(28)51(49,50)45-39(48)29-12-7-9-13-32(29)41/h7-13,16-20,22-23H,3-6,14-15,21H2,1-2H3,(H,45,48). The molecule has 5 rings (SSSR count). The molecule has 0 saturated carbocycles. The molecule has 1 amide bonds. The summed E-state index contributed by atoms with van der Waals surface area (Å²) < 4.78 is 60.1. The van der Waals surface area contributed by atoms with Gasteiger partial charge in [-0.2, -0.15) is 10.4 Å². The van der Waals surface area contributed by atoms with Crippen LogP contribution >= 0.6 is 11.6 Å². The van der Waals surface area contributed by atoms with Gasteiger partial charge < -0.3 is 0 Å². The highest BCUT2D eigenvalue weighted by Gasteiger charge is 2.26. The molecule has 1 heterocycles. The molecule has 1 aromatic heterocycles. The second kappa shape index (κ2) is 16.2. The Morgan fingerprint density at radius 2 is 1.65 bits per heavy atom. The number of unbranched alkanes of at least 4 members (excludes halogenated alkanes) is 2. The van der Waals surface area contributed by atoms with E-state index in [2.05, 4.69) is 6.07 Å². The largest absolute Gasteiger partial charge is 0.294 e. The van der Waals surface area contributed by atoms with Crippen molar-refractivity contribution in [1.29, 1.82) is 5.26 Å². The average Bonchev–Trinajstić information content (AvgIpc) is 3.47. The second-order valence-electron chi connectivity index (χ2n) is 12.0. The first-order valence-corrected chi connectivity index (χ1v) is 18.4. The molecule has 0 aliphatic rings. The fraction of sp³-hybridized carbons (Fsp3) is 0.231. The van der Waals surface area contributed by atoms with Gasteiger partial charge in [0.1, 0.15) is 23.4 Å². The van der Waals surface area contributed by atoms with Crippen molar-refractivity contribution in [2.75, 3.05) is 0 Å². The zero-order valence-corrected chi connectivity index (χ0v) is 29.6. The maximum absolute atomic E-state index is 16.0. The summed E-state index contributed by atoms with van der Waals surface area (Å²) in [7, 11) is -4.51. The van der Waals surface area contributed by atoms with E-state index in [1.54, 1.807) is 30.3 Å². The van der Waals surface area contributed by atoms with Gasteiger partial charge in [-0.15, -0.1) is 0 Å². The van der Waals surface area contributed by atoms with E-state index in [1.165, 1.54) is 47.1 Å². The third-order valence-corrected chi connectivity index (χ3v) is 10.2. The van der Waals surface area contributed by atoms with Gasteiger partial charge in [0.15, 0.2) is 5.78 Å². The van der Waals surface area contributed by atoms with Gasteiger partial charge >= 0.3 is 0 Å². The minimum atomic E-state index is -4.51. The maximum atomic E-state index is 16.0. The molecule has 0 aliphatic carbocycles. The van der Waals surface area contributed by atoms with Crippen LogP contribution in [-0.2, 0) is 22.9 Å².